The van der Waals surface area contributed by atoms with Gasteiger partial charge in [-0.25, -0.2) is 0 Å². The predicted molar refractivity (Wildman–Crippen MR) is 93.9 cm³/mol. The number of nitrogens with one attached hydrogen (secondary N) is 2. The Balaban J connectivity index is 1.91. The maximum atomic E-state index is 12.6. The van der Waals surface area contributed by atoms with Crippen LogP contribution in [0.25, 0.3) is 0 Å². The highest BCUT2D eigenvalue weighted by Gasteiger charge is 2.19. The number of aryl methyl sites for hydroxylation is 1. The average molecular weight is 349 g/mol. The summed E-state index contributed by atoms with van der Waals surface area (Å²) < 4.78 is 6.11. The molecule has 0 aliphatic carbocycles. The second-order valence-electron chi connectivity index (χ2n) is 5.60. The average Bonchev–Trinajstić information content (AvgIpc) is 3.24. The lowest BCUT2D eigenvalue weighted by molar-refractivity contribution is 0.101. The number of aromatic nitrogens is 3. The summed E-state index contributed by atoms with van der Waals surface area (Å²) in [5, 5.41) is 27.6. The first-order chi connectivity index (χ1) is 12.4. The van der Waals surface area contributed by atoms with Gasteiger partial charge in [-0.1, -0.05) is 5.16 Å². The van der Waals surface area contributed by atoms with Crippen LogP contribution in [0, 0.1) is 23.7 Å². The van der Waals surface area contributed by atoms with Crippen molar-refractivity contribution in [1.82, 2.24) is 14.9 Å². The fourth-order valence-electron chi connectivity index (χ4n) is 2.58. The lowest BCUT2D eigenvalue weighted by atomic mass is 10.0. The number of rotatable bonds is 4. The Hall–Kier alpha value is -3.93. The first-order valence-electron chi connectivity index (χ1n) is 7.55. The minimum Gasteiger partial charge on any atom is -0.398 e. The molecule has 0 radical (unpaired) electrons. The molecule has 2 aromatic heterocycles. The molecule has 1 aromatic carbocycles. The number of nitriles is 1. The van der Waals surface area contributed by atoms with Gasteiger partial charge in [0, 0.05) is 29.5 Å². The maximum absolute atomic E-state index is 12.6. The van der Waals surface area contributed by atoms with Crippen LogP contribution in [0.2, 0.25) is 0 Å². The van der Waals surface area contributed by atoms with Gasteiger partial charge in [0.1, 0.15) is 18.0 Å². The molecule has 0 unspecified atom stereocenters. The monoisotopic (exact) mass is 349 g/mol. The van der Waals surface area contributed by atoms with Crippen LogP contribution in [0.5, 0.6) is 0 Å². The third-order valence-corrected chi connectivity index (χ3v) is 3.91. The molecule has 26 heavy (non-hydrogen) atoms. The zero-order chi connectivity index (χ0) is 18.8. The van der Waals surface area contributed by atoms with Gasteiger partial charge >= 0.3 is 0 Å². The molecular weight excluding hydrogens is 334 g/mol. The molecule has 0 spiro atoms. The number of anilines is 2. The van der Waals surface area contributed by atoms with Crippen LogP contribution >= 0.6 is 0 Å². The summed E-state index contributed by atoms with van der Waals surface area (Å²) in [7, 11) is 1.60. The molecule has 0 bridgehead atoms. The lowest BCUT2D eigenvalue weighted by Crippen LogP contribution is -2.17. The number of carbonyl (C=O) groups is 1. The predicted octanol–water partition coefficient (Wildman–Crippen LogP) is 1.84. The number of nitrogen functional groups attached to an aromatic ring is 1. The van der Waals surface area contributed by atoms with Gasteiger partial charge in [0.2, 0.25) is 0 Å². The Labute approximate surface area is 148 Å². The molecule has 0 saturated carbocycles. The van der Waals surface area contributed by atoms with E-state index in [1.54, 1.807) is 32.2 Å². The van der Waals surface area contributed by atoms with Crippen LogP contribution in [0.1, 0.15) is 32.9 Å². The van der Waals surface area contributed by atoms with Gasteiger partial charge in [0.05, 0.1) is 17.5 Å². The molecule has 0 aliphatic rings. The molecule has 0 aliphatic heterocycles. The van der Waals surface area contributed by atoms with E-state index in [4.69, 9.17) is 20.9 Å². The third-order valence-electron chi connectivity index (χ3n) is 3.91. The van der Waals surface area contributed by atoms with Crippen molar-refractivity contribution >= 4 is 23.0 Å². The number of nitrogens with two attached hydrogens (primary N) is 1. The number of carbonyl (C=O) groups excluding carboxylic acids is 1. The van der Waals surface area contributed by atoms with Crippen molar-refractivity contribution in [1.29, 1.82) is 10.7 Å². The van der Waals surface area contributed by atoms with Crippen molar-refractivity contribution in [3.05, 3.63) is 58.7 Å². The van der Waals surface area contributed by atoms with E-state index in [0.717, 1.165) is 0 Å². The van der Waals surface area contributed by atoms with Crippen molar-refractivity contribution in [3.63, 3.8) is 0 Å². The van der Waals surface area contributed by atoms with Crippen LogP contribution in [0.4, 0.5) is 11.4 Å². The minimum atomic E-state index is -0.411. The van der Waals surface area contributed by atoms with Crippen LogP contribution < -0.4 is 11.1 Å². The van der Waals surface area contributed by atoms with Gasteiger partial charge in [-0.05, 0) is 25.1 Å². The molecule has 0 atom stereocenters. The summed E-state index contributed by atoms with van der Waals surface area (Å²) in [6.07, 6.45) is 2.75. The summed E-state index contributed by atoms with van der Waals surface area (Å²) in [6.45, 7) is 1.66. The van der Waals surface area contributed by atoms with Crippen molar-refractivity contribution < 1.29 is 9.32 Å². The molecule has 4 N–H and O–H groups in total. The Morgan fingerprint density at radius 2 is 2.23 bits per heavy atom. The van der Waals surface area contributed by atoms with E-state index in [9.17, 15) is 4.79 Å². The summed E-state index contributed by atoms with van der Waals surface area (Å²) in [5.74, 6) is -0.411. The van der Waals surface area contributed by atoms with Crippen LogP contribution in [-0.4, -0.2) is 26.6 Å². The van der Waals surface area contributed by atoms with Crippen molar-refractivity contribution in [3.8, 4) is 6.07 Å². The van der Waals surface area contributed by atoms with Gasteiger partial charge in [-0.3, -0.25) is 14.9 Å². The quantitative estimate of drug-likeness (QED) is 0.484. The van der Waals surface area contributed by atoms with Crippen molar-refractivity contribution in [2.45, 2.75) is 6.92 Å². The maximum Gasteiger partial charge on any atom is 0.274 e. The minimum absolute atomic E-state index is 0.128. The molecule has 9 heteroatoms. The number of benzene rings is 1. The van der Waals surface area contributed by atoms with Crippen LogP contribution in [0.3, 0.4) is 0 Å². The SMILES string of the molecule is Cc1c(C#N)nn(C)c1C(=O)Nc1ccc(N)c(C(=N)c2cnoc2)c1. The number of amides is 1. The van der Waals surface area contributed by atoms with Crippen molar-refractivity contribution in [2.24, 2.45) is 7.05 Å². The fraction of sp³-hybridized carbons (Fsp3) is 0.118. The van der Waals surface area contributed by atoms with E-state index >= 15 is 0 Å². The number of hydrogen-bond donors (Lipinski definition) is 3. The highest BCUT2D eigenvalue weighted by Crippen LogP contribution is 2.22. The Morgan fingerprint density at radius 3 is 2.85 bits per heavy atom. The fourth-order valence-corrected chi connectivity index (χ4v) is 2.58. The molecule has 3 aromatic rings. The van der Waals surface area contributed by atoms with Gasteiger partial charge < -0.3 is 15.6 Å². The number of hydrogen-bond acceptors (Lipinski definition) is 7. The van der Waals surface area contributed by atoms with E-state index < -0.39 is 5.91 Å². The summed E-state index contributed by atoms with van der Waals surface area (Å²) in [5.41, 5.74) is 8.82. The largest absolute Gasteiger partial charge is 0.398 e. The van der Waals surface area contributed by atoms with E-state index in [-0.39, 0.29) is 17.1 Å². The third kappa shape index (κ3) is 2.91. The zero-order valence-electron chi connectivity index (χ0n) is 14.1. The van der Waals surface area contributed by atoms with E-state index in [1.165, 1.54) is 17.1 Å². The summed E-state index contributed by atoms with van der Waals surface area (Å²) in [6, 6.07) is 6.78. The first kappa shape index (κ1) is 16.9. The lowest BCUT2D eigenvalue weighted by Gasteiger charge is -2.11. The molecular formula is C17H15N7O2. The Morgan fingerprint density at radius 1 is 1.46 bits per heavy atom. The highest BCUT2D eigenvalue weighted by molar-refractivity contribution is 6.14. The van der Waals surface area contributed by atoms with Gasteiger partial charge in [0.15, 0.2) is 5.69 Å². The van der Waals surface area contributed by atoms with Gasteiger partial charge in [-0.15, -0.1) is 0 Å². The Kier molecular flexibility index (Phi) is 4.24. The molecule has 0 saturated heterocycles. The second-order valence-corrected chi connectivity index (χ2v) is 5.60. The molecule has 3 rings (SSSR count). The topological polar surface area (TPSA) is 147 Å². The summed E-state index contributed by atoms with van der Waals surface area (Å²) >= 11 is 0. The van der Waals surface area contributed by atoms with E-state index in [2.05, 4.69) is 15.6 Å². The van der Waals surface area contributed by atoms with Gasteiger partial charge in [0.25, 0.3) is 5.91 Å². The van der Waals surface area contributed by atoms with Crippen LogP contribution in [0.15, 0.2) is 35.2 Å². The second kappa shape index (κ2) is 6.52. The molecule has 1 amide bonds. The molecule has 2 heterocycles. The number of nitrogens with zero attached hydrogens (tertiary/aromatic N) is 4. The Bertz CT molecular complexity index is 1040. The standard InChI is InChI=1S/C17H15N7O2/c1-9-14(6-18)23-24(2)16(9)17(25)22-11-3-4-13(19)12(5-11)15(20)10-7-21-26-8-10/h3-5,7-8,20H,19H2,1-2H3,(H,22,25). The summed E-state index contributed by atoms with van der Waals surface area (Å²) in [4.78, 5) is 12.6. The normalized spacial score (nSPS) is 10.3. The smallest absolute Gasteiger partial charge is 0.274 e. The highest BCUT2D eigenvalue weighted by atomic mass is 16.5. The van der Waals surface area contributed by atoms with E-state index in [0.29, 0.717) is 28.1 Å². The zero-order valence-corrected chi connectivity index (χ0v) is 14.1. The van der Waals surface area contributed by atoms with Crippen molar-refractivity contribution in [2.75, 3.05) is 11.1 Å². The van der Waals surface area contributed by atoms with Gasteiger partial charge in [-0.2, -0.15) is 10.4 Å². The first-order valence-corrected chi connectivity index (χ1v) is 7.55. The van der Waals surface area contributed by atoms with Crippen LogP contribution in [-0.2, 0) is 7.05 Å². The molecule has 0 fully saturated rings. The molecule has 9 nitrogen and oxygen atoms in total. The molecule has 130 valence electrons. The van der Waals surface area contributed by atoms with E-state index in [1.807, 2.05) is 6.07 Å².